The molecule has 6 atom stereocenters. The Kier molecular flexibility index (Phi) is 11.8. The van der Waals surface area contributed by atoms with Crippen molar-refractivity contribution in [2.75, 3.05) is 32.7 Å². The first-order valence-electron chi connectivity index (χ1n) is 18.3. The van der Waals surface area contributed by atoms with Crippen molar-refractivity contribution >= 4 is 39.7 Å². The maximum absolute atomic E-state index is 14.5. The Morgan fingerprint density at radius 1 is 0.941 bits per heavy atom. The van der Waals surface area contributed by atoms with Crippen LogP contribution in [0, 0.1) is 34.0 Å². The summed E-state index contributed by atoms with van der Waals surface area (Å²) in [6.07, 6.45) is 3.65. The van der Waals surface area contributed by atoms with Gasteiger partial charge in [-0.3, -0.25) is 19.2 Å². The van der Waals surface area contributed by atoms with Gasteiger partial charge >= 0.3 is 6.03 Å². The maximum Gasteiger partial charge on any atom is 0.315 e. The van der Waals surface area contributed by atoms with E-state index in [-0.39, 0.29) is 42.3 Å². The topological polar surface area (TPSA) is 177 Å². The van der Waals surface area contributed by atoms with Gasteiger partial charge in [0.15, 0.2) is 0 Å². The van der Waals surface area contributed by atoms with E-state index in [0.29, 0.717) is 26.1 Å². The smallest absolute Gasteiger partial charge is 0.315 e. The summed E-state index contributed by atoms with van der Waals surface area (Å²) in [6, 6.07) is -4.33. The van der Waals surface area contributed by atoms with Crippen LogP contribution in [0.4, 0.5) is 4.79 Å². The molecule has 5 amide bonds. The summed E-state index contributed by atoms with van der Waals surface area (Å²) in [7, 11) is -3.69. The predicted octanol–water partition coefficient (Wildman–Crippen LogP) is 2.03. The molecular formula is C36H61N7O7S. The number of carbonyl (C=O) groups is 5. The largest absolute Gasteiger partial charge is 0.346 e. The van der Waals surface area contributed by atoms with Gasteiger partial charge in [0, 0.05) is 44.8 Å². The summed E-state index contributed by atoms with van der Waals surface area (Å²) >= 11 is 0. The Balaban J connectivity index is 1.52. The fourth-order valence-corrected chi connectivity index (χ4v) is 9.37. The van der Waals surface area contributed by atoms with E-state index in [2.05, 4.69) is 41.7 Å². The summed E-state index contributed by atoms with van der Waals surface area (Å²) in [5.41, 5.74) is -1.50. The zero-order valence-electron chi connectivity index (χ0n) is 32.2. The van der Waals surface area contributed by atoms with Gasteiger partial charge in [0.2, 0.25) is 17.6 Å². The fraction of sp³-hybridized carbons (Fsp3) is 0.806. The highest BCUT2D eigenvalue weighted by Crippen LogP contribution is 2.65. The van der Waals surface area contributed by atoms with Crippen molar-refractivity contribution < 1.29 is 32.4 Å². The second-order valence-corrected chi connectivity index (χ2v) is 19.8. The Morgan fingerprint density at radius 3 is 2.08 bits per heavy atom. The number of rotatable bonds is 14. The predicted molar refractivity (Wildman–Crippen MR) is 194 cm³/mol. The van der Waals surface area contributed by atoms with E-state index in [1.54, 1.807) is 0 Å². The van der Waals surface area contributed by atoms with Crippen molar-refractivity contribution in [1.82, 2.24) is 34.8 Å². The van der Waals surface area contributed by atoms with Crippen molar-refractivity contribution in [3.05, 3.63) is 12.7 Å². The van der Waals surface area contributed by atoms with Gasteiger partial charge in [-0.2, -0.15) is 17.0 Å². The third-order valence-electron chi connectivity index (χ3n) is 11.2. The second kappa shape index (κ2) is 14.8. The van der Waals surface area contributed by atoms with Gasteiger partial charge < -0.3 is 26.2 Å². The first kappa shape index (κ1) is 40.7. The number of ketones is 1. The molecule has 2 heterocycles. The molecule has 0 aromatic rings. The lowest BCUT2D eigenvalue weighted by Crippen LogP contribution is -2.62. The minimum atomic E-state index is -3.69. The second-order valence-electron chi connectivity index (χ2n) is 17.9. The minimum Gasteiger partial charge on any atom is -0.346 e. The zero-order valence-corrected chi connectivity index (χ0v) is 33.0. The first-order valence-corrected chi connectivity index (χ1v) is 19.7. The van der Waals surface area contributed by atoms with Crippen LogP contribution in [0.3, 0.4) is 0 Å². The van der Waals surface area contributed by atoms with Crippen molar-refractivity contribution in [3.8, 4) is 0 Å². The highest BCUT2D eigenvalue weighted by atomic mass is 32.2. The molecular weight excluding hydrogens is 675 g/mol. The zero-order chi connectivity index (χ0) is 38.4. The minimum absolute atomic E-state index is 0.0539. The summed E-state index contributed by atoms with van der Waals surface area (Å²) in [4.78, 5) is 69.6. The molecule has 4 rings (SSSR count). The number of nitrogens with zero attached hydrogens (tertiary/aromatic N) is 3. The third kappa shape index (κ3) is 8.95. The number of hydrogen-bond donors (Lipinski definition) is 4. The number of Topliss-reactive ketones (excluding diaryl/α,β-unsaturated/α-hetero) is 1. The van der Waals surface area contributed by atoms with Gasteiger partial charge in [0.25, 0.3) is 16.1 Å². The molecule has 51 heavy (non-hydrogen) atoms. The summed E-state index contributed by atoms with van der Waals surface area (Å²) < 4.78 is 29.3. The fourth-order valence-electron chi connectivity index (χ4n) is 7.58. The molecule has 0 aromatic heterocycles. The van der Waals surface area contributed by atoms with E-state index in [4.69, 9.17) is 0 Å². The van der Waals surface area contributed by atoms with Crippen LogP contribution in [0.25, 0.3) is 0 Å². The van der Waals surface area contributed by atoms with Crippen molar-refractivity contribution in [1.29, 1.82) is 0 Å². The van der Waals surface area contributed by atoms with Crippen LogP contribution in [-0.4, -0.2) is 114 Å². The summed E-state index contributed by atoms with van der Waals surface area (Å²) in [5.74, 6) is -2.28. The molecule has 288 valence electrons. The van der Waals surface area contributed by atoms with Crippen LogP contribution < -0.4 is 21.3 Å². The molecule has 2 saturated heterocycles. The van der Waals surface area contributed by atoms with Crippen LogP contribution in [0.1, 0.15) is 88.5 Å². The molecule has 0 spiro atoms. The van der Waals surface area contributed by atoms with Crippen LogP contribution in [0.2, 0.25) is 0 Å². The molecule has 14 nitrogen and oxygen atoms in total. The molecule has 4 fully saturated rings. The van der Waals surface area contributed by atoms with E-state index in [1.807, 2.05) is 55.4 Å². The number of piperidine rings is 1. The summed E-state index contributed by atoms with van der Waals surface area (Å²) in [5, 5.41) is 11.2. The van der Waals surface area contributed by atoms with Gasteiger partial charge in [0.1, 0.15) is 12.1 Å². The number of likely N-dealkylation sites (tertiary alicyclic amines) is 1. The van der Waals surface area contributed by atoms with E-state index in [0.717, 1.165) is 12.8 Å². The molecule has 2 saturated carbocycles. The van der Waals surface area contributed by atoms with Crippen LogP contribution in [-0.2, 0) is 29.4 Å². The molecule has 2 aliphatic carbocycles. The lowest BCUT2D eigenvalue weighted by molar-refractivity contribution is -0.145. The van der Waals surface area contributed by atoms with Crippen molar-refractivity contribution in [2.45, 2.75) is 119 Å². The number of hydrogen-bond acceptors (Lipinski definition) is 7. The summed E-state index contributed by atoms with van der Waals surface area (Å²) in [6.45, 7) is 23.7. The monoisotopic (exact) mass is 735 g/mol. The Bertz CT molecular complexity index is 1500. The SMILES string of the molecule is C=CCNC(=O)C(=O)C(CC1CC1)NC(=O)[C@@H]1[C@@H]2[C@H](CN1C(=O)[C@@H](NC(=O)N[C@H](CN1CCN(C(C)C)S1(=O)=O)C(C)(C)C)C(C)(C)C)C2(C)C. The van der Waals surface area contributed by atoms with Crippen molar-refractivity contribution in [3.63, 3.8) is 0 Å². The highest BCUT2D eigenvalue weighted by Gasteiger charge is 2.70. The number of nitrogens with one attached hydrogen (secondary N) is 4. The van der Waals surface area contributed by atoms with Gasteiger partial charge in [0.05, 0.1) is 6.04 Å². The molecule has 0 bridgehead atoms. The average molecular weight is 736 g/mol. The van der Waals surface area contributed by atoms with Crippen LogP contribution >= 0.6 is 0 Å². The van der Waals surface area contributed by atoms with Gasteiger partial charge in [-0.25, -0.2) is 4.79 Å². The molecule has 15 heteroatoms. The Labute approximate surface area is 304 Å². The third-order valence-corrected chi connectivity index (χ3v) is 13.4. The standard InChI is InChI=1S/C36H61N7O7S/c1-12-15-37-31(46)28(44)24(18-22-13-14-22)38-30(45)27-26-23(36(26,10)11)19-42(27)32(47)29(35(7,8)9)40-33(48)39-25(34(4,5)6)20-41-16-17-43(21(2)3)51(41,49)50/h12,21-27,29H,1,13-20H2,2-11H3,(H,37,46)(H,38,45)(H2,39,40,48)/t23-,24?,25+,26-,27-,29+/m0/s1. The van der Waals surface area contributed by atoms with Gasteiger partial charge in [-0.15, -0.1) is 6.58 Å². The normalized spacial score (nSPS) is 26.1. The number of amides is 5. The Hall–Kier alpha value is -3.04. The van der Waals surface area contributed by atoms with E-state index in [1.165, 1.54) is 19.6 Å². The molecule has 1 unspecified atom stereocenters. The number of urea groups is 1. The van der Waals surface area contributed by atoms with Crippen molar-refractivity contribution in [2.24, 2.45) is 34.0 Å². The van der Waals surface area contributed by atoms with E-state index < -0.39 is 74.7 Å². The van der Waals surface area contributed by atoms with Crippen LogP contribution in [0.5, 0.6) is 0 Å². The first-order chi connectivity index (χ1) is 23.4. The van der Waals surface area contributed by atoms with E-state index >= 15 is 0 Å². The van der Waals surface area contributed by atoms with Gasteiger partial charge in [-0.1, -0.05) is 74.3 Å². The lowest BCUT2D eigenvalue weighted by atomic mass is 9.85. The molecule has 4 aliphatic rings. The number of carbonyl (C=O) groups excluding carboxylic acids is 5. The molecule has 0 radical (unpaired) electrons. The average Bonchev–Trinajstić information content (AvgIpc) is 3.81. The van der Waals surface area contributed by atoms with Gasteiger partial charge in [-0.05, 0) is 54.3 Å². The molecule has 0 aromatic carbocycles. The van der Waals surface area contributed by atoms with Crippen LogP contribution in [0.15, 0.2) is 12.7 Å². The Morgan fingerprint density at radius 2 is 1.57 bits per heavy atom. The van der Waals surface area contributed by atoms with E-state index in [9.17, 15) is 32.4 Å². The number of fused-ring (bicyclic) bond motifs is 1. The molecule has 2 aliphatic heterocycles. The highest BCUT2D eigenvalue weighted by molar-refractivity contribution is 7.87. The quantitative estimate of drug-likeness (QED) is 0.156. The molecule has 4 N–H and O–H groups in total. The maximum atomic E-state index is 14.5. The lowest BCUT2D eigenvalue weighted by Gasteiger charge is -2.39.